The van der Waals surface area contributed by atoms with Crippen LogP contribution in [0.15, 0.2) is 83.8 Å². The number of anilines is 1. The molecule has 1 saturated heterocycles. The van der Waals surface area contributed by atoms with Crippen molar-refractivity contribution in [3.8, 4) is 5.75 Å². The van der Waals surface area contributed by atoms with Crippen molar-refractivity contribution in [2.45, 2.75) is 37.0 Å². The molecule has 0 spiro atoms. The van der Waals surface area contributed by atoms with E-state index in [0.717, 1.165) is 24.3 Å². The highest BCUT2D eigenvalue weighted by atomic mass is 35.5. The summed E-state index contributed by atoms with van der Waals surface area (Å²) in [5.41, 5.74) is 1.67. The van der Waals surface area contributed by atoms with Gasteiger partial charge in [0, 0.05) is 18.1 Å². The average Bonchev–Trinajstić information content (AvgIpc) is 2.88. The molecule has 0 atom stereocenters. The second-order valence-corrected chi connectivity index (χ2v) is 11.2. The molecule has 0 aromatic heterocycles. The van der Waals surface area contributed by atoms with Crippen molar-refractivity contribution >= 4 is 27.3 Å². The first-order valence-corrected chi connectivity index (χ1v) is 14.1. The molecule has 1 aliphatic heterocycles. The minimum absolute atomic E-state index is 0.219. The molecule has 0 unspecified atom stereocenters. The van der Waals surface area contributed by atoms with Gasteiger partial charge in [-0.2, -0.15) is 0 Å². The van der Waals surface area contributed by atoms with Crippen LogP contribution in [-0.2, 0) is 16.4 Å². The van der Waals surface area contributed by atoms with Crippen LogP contribution in [0.25, 0.3) is 0 Å². The Morgan fingerprint density at radius 3 is 2.37 bits per heavy atom. The highest BCUT2D eigenvalue weighted by molar-refractivity contribution is 7.92. The van der Waals surface area contributed by atoms with Gasteiger partial charge < -0.3 is 9.64 Å². The lowest BCUT2D eigenvalue weighted by Crippen LogP contribution is -2.33. The molecule has 186 valence electrons. The van der Waals surface area contributed by atoms with Crippen LogP contribution < -0.4 is 9.04 Å². The zero-order valence-electron chi connectivity index (χ0n) is 20.0. The monoisotopic (exact) mass is 512 g/mol. The number of para-hydroxylation sites is 1. The van der Waals surface area contributed by atoms with Gasteiger partial charge in [0.25, 0.3) is 10.0 Å². The number of rotatable bonds is 11. The van der Waals surface area contributed by atoms with Gasteiger partial charge in [-0.1, -0.05) is 48.4 Å². The van der Waals surface area contributed by atoms with Crippen molar-refractivity contribution in [1.29, 1.82) is 0 Å². The van der Waals surface area contributed by atoms with Crippen LogP contribution >= 0.6 is 11.6 Å². The molecule has 35 heavy (non-hydrogen) atoms. The van der Waals surface area contributed by atoms with Gasteiger partial charge in [0.2, 0.25) is 0 Å². The van der Waals surface area contributed by atoms with Crippen LogP contribution in [0.5, 0.6) is 5.75 Å². The molecule has 0 aliphatic carbocycles. The fraction of sp³-hybridized carbons (Fsp3) is 0.357. The number of ether oxygens (including phenoxy) is 1. The van der Waals surface area contributed by atoms with Gasteiger partial charge in [-0.05, 0) is 92.9 Å². The van der Waals surface area contributed by atoms with Crippen molar-refractivity contribution < 1.29 is 13.2 Å². The highest BCUT2D eigenvalue weighted by Crippen LogP contribution is 2.25. The standard InChI is InChI=1S/C28H33ClN2O3S/c29-25-13-15-28(16-14-25)35(32,33)31(26-10-3-1-4-11-26)21-17-24-9-7-12-27(23-24)34-22-8-20-30-18-5-2-6-19-30/h1,3-4,7,9-16,23H,2,5-6,8,17-22H2. The number of hydrogen-bond donors (Lipinski definition) is 0. The first-order chi connectivity index (χ1) is 17.0. The zero-order chi connectivity index (χ0) is 24.5. The quantitative estimate of drug-likeness (QED) is 0.294. The minimum atomic E-state index is -3.74. The van der Waals surface area contributed by atoms with Gasteiger partial charge in [0.05, 0.1) is 17.2 Å². The molecular formula is C28H33ClN2O3S. The third-order valence-corrected chi connectivity index (χ3v) is 8.38. The summed E-state index contributed by atoms with van der Waals surface area (Å²) >= 11 is 5.98. The molecule has 0 amide bonds. The maximum atomic E-state index is 13.5. The fourth-order valence-electron chi connectivity index (χ4n) is 4.40. The van der Waals surface area contributed by atoms with Crippen molar-refractivity contribution in [2.75, 3.05) is 37.1 Å². The molecule has 0 N–H and O–H groups in total. The van der Waals surface area contributed by atoms with E-state index in [1.54, 1.807) is 24.3 Å². The number of sulfonamides is 1. The number of piperidine rings is 1. The van der Waals surface area contributed by atoms with E-state index in [0.29, 0.717) is 30.3 Å². The Labute approximate surface area is 214 Å². The van der Waals surface area contributed by atoms with E-state index in [4.69, 9.17) is 16.3 Å². The summed E-state index contributed by atoms with van der Waals surface area (Å²) in [6.07, 6.45) is 5.52. The molecule has 4 rings (SSSR count). The molecule has 1 heterocycles. The predicted molar refractivity (Wildman–Crippen MR) is 143 cm³/mol. The molecular weight excluding hydrogens is 480 g/mol. The van der Waals surface area contributed by atoms with Crippen LogP contribution in [0, 0.1) is 0 Å². The van der Waals surface area contributed by atoms with Gasteiger partial charge in [0.15, 0.2) is 0 Å². The third-order valence-electron chi connectivity index (χ3n) is 6.28. The van der Waals surface area contributed by atoms with Gasteiger partial charge in [0.1, 0.15) is 5.75 Å². The molecule has 5 nitrogen and oxygen atoms in total. The number of likely N-dealkylation sites (tertiary alicyclic amines) is 1. The summed E-state index contributed by atoms with van der Waals surface area (Å²) in [5, 5.41) is 0.503. The topological polar surface area (TPSA) is 49.9 Å². The SMILES string of the molecule is O=S(=O)(c1ccc(Cl)cc1)N(CCc1cccc(OCCCN2CCCCC2)c1)c1ccccc1. The maximum absolute atomic E-state index is 13.5. The largest absolute Gasteiger partial charge is 0.494 e. The normalized spacial score (nSPS) is 14.5. The summed E-state index contributed by atoms with van der Waals surface area (Å²) < 4.78 is 34.4. The molecule has 0 saturated carbocycles. The molecule has 1 fully saturated rings. The fourth-order valence-corrected chi connectivity index (χ4v) is 5.99. The van der Waals surface area contributed by atoms with Crippen molar-refractivity contribution in [1.82, 2.24) is 4.90 Å². The van der Waals surface area contributed by atoms with E-state index in [9.17, 15) is 8.42 Å². The molecule has 3 aromatic carbocycles. The number of hydrogen-bond acceptors (Lipinski definition) is 4. The summed E-state index contributed by atoms with van der Waals surface area (Å²) in [6, 6.07) is 23.5. The average molecular weight is 513 g/mol. The van der Waals surface area contributed by atoms with E-state index in [1.807, 2.05) is 54.6 Å². The minimum Gasteiger partial charge on any atom is -0.494 e. The van der Waals surface area contributed by atoms with Crippen LogP contribution in [0.1, 0.15) is 31.2 Å². The van der Waals surface area contributed by atoms with E-state index >= 15 is 0 Å². The van der Waals surface area contributed by atoms with Gasteiger partial charge >= 0.3 is 0 Å². The molecule has 7 heteroatoms. The lowest BCUT2D eigenvalue weighted by Gasteiger charge is -2.26. The lowest BCUT2D eigenvalue weighted by atomic mass is 10.1. The summed E-state index contributed by atoms with van der Waals surface area (Å²) in [6.45, 7) is 4.47. The predicted octanol–water partition coefficient (Wildman–Crippen LogP) is 6.03. The Morgan fingerprint density at radius 2 is 1.63 bits per heavy atom. The Morgan fingerprint density at radius 1 is 0.886 bits per heavy atom. The molecule has 0 bridgehead atoms. The zero-order valence-corrected chi connectivity index (χ0v) is 21.6. The number of benzene rings is 3. The second-order valence-electron chi connectivity index (χ2n) is 8.87. The first-order valence-electron chi connectivity index (χ1n) is 12.3. The van der Waals surface area contributed by atoms with E-state index in [1.165, 1.54) is 36.7 Å². The van der Waals surface area contributed by atoms with E-state index < -0.39 is 10.0 Å². The Balaban J connectivity index is 1.40. The van der Waals surface area contributed by atoms with Gasteiger partial charge in [-0.3, -0.25) is 4.31 Å². The highest BCUT2D eigenvalue weighted by Gasteiger charge is 2.24. The van der Waals surface area contributed by atoms with E-state index in [2.05, 4.69) is 4.90 Å². The summed E-state index contributed by atoms with van der Waals surface area (Å²) in [4.78, 5) is 2.74. The Hall–Kier alpha value is -2.54. The summed E-state index contributed by atoms with van der Waals surface area (Å²) in [7, 11) is -3.74. The Bertz CT molecular complexity index is 1160. The second kappa shape index (κ2) is 12.4. The van der Waals surface area contributed by atoms with Crippen LogP contribution in [0.3, 0.4) is 0 Å². The van der Waals surface area contributed by atoms with Crippen LogP contribution in [0.2, 0.25) is 5.02 Å². The number of halogens is 1. The smallest absolute Gasteiger partial charge is 0.264 e. The lowest BCUT2D eigenvalue weighted by molar-refractivity contribution is 0.205. The summed E-state index contributed by atoms with van der Waals surface area (Å²) in [5.74, 6) is 0.827. The first kappa shape index (κ1) is 25.5. The van der Waals surface area contributed by atoms with Crippen molar-refractivity contribution in [3.63, 3.8) is 0 Å². The molecule has 0 radical (unpaired) electrons. The van der Waals surface area contributed by atoms with Crippen LogP contribution in [0.4, 0.5) is 5.69 Å². The van der Waals surface area contributed by atoms with Gasteiger partial charge in [-0.25, -0.2) is 8.42 Å². The van der Waals surface area contributed by atoms with Crippen molar-refractivity contribution in [3.05, 3.63) is 89.4 Å². The van der Waals surface area contributed by atoms with Gasteiger partial charge in [-0.15, -0.1) is 0 Å². The number of nitrogens with zero attached hydrogens (tertiary/aromatic N) is 2. The Kier molecular flexibility index (Phi) is 9.07. The molecule has 3 aromatic rings. The third kappa shape index (κ3) is 7.23. The van der Waals surface area contributed by atoms with Crippen LogP contribution in [-0.4, -0.2) is 46.1 Å². The maximum Gasteiger partial charge on any atom is 0.264 e. The van der Waals surface area contributed by atoms with E-state index in [-0.39, 0.29) is 4.90 Å². The molecule has 1 aliphatic rings. The van der Waals surface area contributed by atoms with Crippen molar-refractivity contribution in [2.24, 2.45) is 0 Å².